The Labute approximate surface area is 102 Å². The smallest absolute Gasteiger partial charge is 0.0217 e. The molecule has 0 aromatic carbocycles. The van der Waals surface area contributed by atoms with Crippen molar-refractivity contribution in [3.8, 4) is 0 Å². The monoisotopic (exact) mass is 226 g/mol. The van der Waals surface area contributed by atoms with Crippen LogP contribution < -0.4 is 5.32 Å². The van der Waals surface area contributed by atoms with Gasteiger partial charge in [0, 0.05) is 19.1 Å². The standard InChI is InChI=1S/C14H30N2/c1-6-12(2)13(15-5)10-16-9-7-8-14(3,4)11-16/h12-13,15H,6-11H2,1-5H3. The van der Waals surface area contributed by atoms with Gasteiger partial charge in [0.25, 0.3) is 0 Å². The molecule has 0 saturated carbocycles. The number of piperidine rings is 1. The lowest BCUT2D eigenvalue weighted by Gasteiger charge is -2.40. The van der Waals surface area contributed by atoms with Crippen LogP contribution in [0.1, 0.15) is 47.0 Å². The van der Waals surface area contributed by atoms with Crippen LogP contribution in [0, 0.1) is 11.3 Å². The Morgan fingerprint density at radius 1 is 1.38 bits per heavy atom. The molecule has 0 aromatic rings. The van der Waals surface area contributed by atoms with Crippen molar-refractivity contribution in [3.05, 3.63) is 0 Å². The van der Waals surface area contributed by atoms with E-state index in [9.17, 15) is 0 Å². The van der Waals surface area contributed by atoms with Crippen molar-refractivity contribution in [1.82, 2.24) is 10.2 Å². The molecule has 1 saturated heterocycles. The van der Waals surface area contributed by atoms with Crippen molar-refractivity contribution < 1.29 is 0 Å². The maximum Gasteiger partial charge on any atom is 0.0217 e. The molecule has 1 N–H and O–H groups in total. The van der Waals surface area contributed by atoms with Crippen molar-refractivity contribution in [2.45, 2.75) is 53.0 Å². The molecule has 1 fully saturated rings. The Morgan fingerprint density at radius 3 is 2.56 bits per heavy atom. The van der Waals surface area contributed by atoms with Gasteiger partial charge in [0.1, 0.15) is 0 Å². The molecule has 2 atom stereocenters. The van der Waals surface area contributed by atoms with Gasteiger partial charge in [-0.15, -0.1) is 0 Å². The van der Waals surface area contributed by atoms with Crippen molar-refractivity contribution in [3.63, 3.8) is 0 Å². The fourth-order valence-corrected chi connectivity index (χ4v) is 2.82. The van der Waals surface area contributed by atoms with Crippen molar-refractivity contribution in [2.24, 2.45) is 11.3 Å². The highest BCUT2D eigenvalue weighted by atomic mass is 15.2. The normalized spacial score (nSPS) is 25.3. The number of rotatable bonds is 5. The zero-order valence-electron chi connectivity index (χ0n) is 11.8. The van der Waals surface area contributed by atoms with E-state index in [1.165, 1.54) is 38.9 Å². The van der Waals surface area contributed by atoms with Gasteiger partial charge in [-0.2, -0.15) is 0 Å². The van der Waals surface area contributed by atoms with E-state index in [-0.39, 0.29) is 0 Å². The third-order valence-electron chi connectivity index (χ3n) is 4.14. The van der Waals surface area contributed by atoms with Gasteiger partial charge >= 0.3 is 0 Å². The summed E-state index contributed by atoms with van der Waals surface area (Å²) in [6.45, 7) is 13.2. The van der Waals surface area contributed by atoms with Gasteiger partial charge in [-0.25, -0.2) is 0 Å². The summed E-state index contributed by atoms with van der Waals surface area (Å²) in [5.41, 5.74) is 0.520. The fourth-order valence-electron chi connectivity index (χ4n) is 2.82. The SMILES string of the molecule is CCC(C)C(CN1CCCC(C)(C)C1)NC. The van der Waals surface area contributed by atoms with E-state index in [1.54, 1.807) is 0 Å². The number of hydrogen-bond acceptors (Lipinski definition) is 2. The second-order valence-corrected chi connectivity index (χ2v) is 6.28. The summed E-state index contributed by atoms with van der Waals surface area (Å²) in [5.74, 6) is 0.773. The first kappa shape index (κ1) is 14.0. The highest BCUT2D eigenvalue weighted by Gasteiger charge is 2.28. The first-order chi connectivity index (χ1) is 7.48. The van der Waals surface area contributed by atoms with Gasteiger partial charge in [-0.1, -0.05) is 34.1 Å². The van der Waals surface area contributed by atoms with Gasteiger partial charge in [-0.3, -0.25) is 0 Å². The van der Waals surface area contributed by atoms with E-state index < -0.39 is 0 Å². The average Bonchev–Trinajstić information content (AvgIpc) is 2.23. The van der Waals surface area contributed by atoms with Crippen LogP contribution in [-0.4, -0.2) is 37.6 Å². The summed E-state index contributed by atoms with van der Waals surface area (Å²) >= 11 is 0. The van der Waals surface area contributed by atoms with Crippen LogP contribution in [0.2, 0.25) is 0 Å². The molecule has 1 aliphatic rings. The molecular formula is C14H30N2. The summed E-state index contributed by atoms with van der Waals surface area (Å²) < 4.78 is 0. The third kappa shape index (κ3) is 4.06. The quantitative estimate of drug-likeness (QED) is 0.775. The van der Waals surface area contributed by atoms with Gasteiger partial charge in [0.15, 0.2) is 0 Å². The van der Waals surface area contributed by atoms with Crippen LogP contribution in [0.4, 0.5) is 0 Å². The predicted octanol–water partition coefficient (Wildman–Crippen LogP) is 2.74. The summed E-state index contributed by atoms with van der Waals surface area (Å²) in [6.07, 6.45) is 4.02. The molecule has 0 bridgehead atoms. The third-order valence-corrected chi connectivity index (χ3v) is 4.14. The zero-order chi connectivity index (χ0) is 12.2. The van der Waals surface area contributed by atoms with E-state index in [4.69, 9.17) is 0 Å². The van der Waals surface area contributed by atoms with Crippen LogP contribution in [0.5, 0.6) is 0 Å². The minimum atomic E-state index is 0.520. The van der Waals surface area contributed by atoms with Crippen LogP contribution >= 0.6 is 0 Å². The number of likely N-dealkylation sites (N-methyl/N-ethyl adjacent to an activating group) is 1. The van der Waals surface area contributed by atoms with E-state index in [2.05, 4.69) is 45.0 Å². The van der Waals surface area contributed by atoms with Crippen molar-refractivity contribution >= 4 is 0 Å². The molecule has 2 heteroatoms. The molecular weight excluding hydrogens is 196 g/mol. The Morgan fingerprint density at radius 2 is 2.06 bits per heavy atom. The van der Waals surface area contributed by atoms with Crippen LogP contribution in [0.3, 0.4) is 0 Å². The Balaban J connectivity index is 2.45. The molecule has 0 aliphatic carbocycles. The molecule has 2 unspecified atom stereocenters. The largest absolute Gasteiger partial charge is 0.315 e. The molecule has 0 aromatic heterocycles. The first-order valence-corrected chi connectivity index (χ1v) is 6.88. The molecule has 1 rings (SSSR count). The lowest BCUT2D eigenvalue weighted by Crippen LogP contribution is -2.48. The molecule has 16 heavy (non-hydrogen) atoms. The zero-order valence-corrected chi connectivity index (χ0v) is 11.8. The Bertz CT molecular complexity index is 201. The summed E-state index contributed by atoms with van der Waals surface area (Å²) in [5, 5.41) is 3.49. The average molecular weight is 226 g/mol. The molecule has 0 amide bonds. The highest BCUT2D eigenvalue weighted by Crippen LogP contribution is 2.28. The molecule has 0 spiro atoms. The topological polar surface area (TPSA) is 15.3 Å². The highest BCUT2D eigenvalue weighted by molar-refractivity contribution is 4.83. The molecule has 1 heterocycles. The summed E-state index contributed by atoms with van der Waals surface area (Å²) in [7, 11) is 2.10. The second-order valence-electron chi connectivity index (χ2n) is 6.28. The minimum absolute atomic E-state index is 0.520. The van der Waals surface area contributed by atoms with Crippen LogP contribution in [0.15, 0.2) is 0 Å². The fraction of sp³-hybridized carbons (Fsp3) is 1.00. The van der Waals surface area contributed by atoms with E-state index in [0.717, 1.165) is 5.92 Å². The van der Waals surface area contributed by atoms with Gasteiger partial charge in [0.05, 0.1) is 0 Å². The maximum absolute atomic E-state index is 3.49. The van der Waals surface area contributed by atoms with Crippen molar-refractivity contribution in [1.29, 1.82) is 0 Å². The molecule has 96 valence electrons. The van der Waals surface area contributed by atoms with E-state index >= 15 is 0 Å². The molecule has 2 nitrogen and oxygen atoms in total. The number of nitrogens with zero attached hydrogens (tertiary/aromatic N) is 1. The van der Waals surface area contributed by atoms with Crippen LogP contribution in [-0.2, 0) is 0 Å². The van der Waals surface area contributed by atoms with E-state index in [0.29, 0.717) is 11.5 Å². The summed E-state index contributed by atoms with van der Waals surface area (Å²) in [4.78, 5) is 2.65. The van der Waals surface area contributed by atoms with Gasteiger partial charge in [0.2, 0.25) is 0 Å². The predicted molar refractivity (Wildman–Crippen MR) is 71.8 cm³/mol. The minimum Gasteiger partial charge on any atom is -0.315 e. The summed E-state index contributed by atoms with van der Waals surface area (Å²) in [6, 6.07) is 0.652. The molecule has 0 radical (unpaired) electrons. The van der Waals surface area contributed by atoms with Crippen molar-refractivity contribution in [2.75, 3.05) is 26.7 Å². The number of likely N-dealkylation sites (tertiary alicyclic amines) is 1. The second kappa shape index (κ2) is 6.02. The lowest BCUT2D eigenvalue weighted by molar-refractivity contribution is 0.100. The Kier molecular flexibility index (Phi) is 5.26. The number of hydrogen-bond donors (Lipinski definition) is 1. The molecule has 1 aliphatic heterocycles. The lowest BCUT2D eigenvalue weighted by atomic mass is 9.83. The van der Waals surface area contributed by atoms with Crippen LogP contribution in [0.25, 0.3) is 0 Å². The van der Waals surface area contributed by atoms with Gasteiger partial charge < -0.3 is 10.2 Å². The van der Waals surface area contributed by atoms with Gasteiger partial charge in [-0.05, 0) is 37.8 Å². The Hall–Kier alpha value is -0.0800. The first-order valence-electron chi connectivity index (χ1n) is 6.88. The van der Waals surface area contributed by atoms with E-state index in [1.807, 2.05) is 0 Å². The maximum atomic E-state index is 3.49. The number of nitrogens with one attached hydrogen (secondary N) is 1.